The number of hydrogen-bond donors (Lipinski definition) is 1. The summed E-state index contributed by atoms with van der Waals surface area (Å²) in [6.45, 7) is 7.45. The number of aryl methyl sites for hydroxylation is 1. The molecule has 16 heavy (non-hydrogen) atoms. The topological polar surface area (TPSA) is 39.1 Å². The van der Waals surface area contributed by atoms with Gasteiger partial charge in [0.1, 0.15) is 5.82 Å². The van der Waals surface area contributed by atoms with Crippen molar-refractivity contribution >= 4 is 0 Å². The van der Waals surface area contributed by atoms with E-state index in [1.54, 1.807) is 0 Å². The van der Waals surface area contributed by atoms with Crippen LogP contribution >= 0.6 is 0 Å². The number of nitrogens with zero attached hydrogens (tertiary/aromatic N) is 2. The lowest BCUT2D eigenvalue weighted by Crippen LogP contribution is -2.19. The van der Waals surface area contributed by atoms with E-state index in [1.165, 1.54) is 18.5 Å². The molecule has 1 fully saturated rings. The Morgan fingerprint density at radius 2 is 2.38 bits per heavy atom. The minimum Gasteiger partial charge on any atom is -0.380 e. The fourth-order valence-electron chi connectivity index (χ4n) is 1.80. The number of rotatable bonds is 7. The van der Waals surface area contributed by atoms with Crippen molar-refractivity contribution in [3.63, 3.8) is 0 Å². The van der Waals surface area contributed by atoms with Crippen molar-refractivity contribution in [2.75, 3.05) is 13.2 Å². The summed E-state index contributed by atoms with van der Waals surface area (Å²) in [4.78, 5) is 4.36. The third-order valence-electron chi connectivity index (χ3n) is 2.95. The summed E-state index contributed by atoms with van der Waals surface area (Å²) in [5, 5.41) is 3.52. The fraction of sp³-hybridized carbons (Fsp3) is 0.750. The SMILES string of the molecule is CCOCCn1c(CNC2CC2)cnc1C. The second-order valence-corrected chi connectivity index (χ2v) is 4.30. The monoisotopic (exact) mass is 223 g/mol. The van der Waals surface area contributed by atoms with Gasteiger partial charge in [-0.05, 0) is 26.7 Å². The highest BCUT2D eigenvalue weighted by Gasteiger charge is 2.20. The lowest BCUT2D eigenvalue weighted by molar-refractivity contribution is 0.138. The largest absolute Gasteiger partial charge is 0.380 e. The molecule has 4 heteroatoms. The minimum atomic E-state index is 0.746. The summed E-state index contributed by atoms with van der Waals surface area (Å²) < 4.78 is 7.63. The predicted molar refractivity (Wildman–Crippen MR) is 63.3 cm³/mol. The Kier molecular flexibility index (Phi) is 3.96. The first kappa shape index (κ1) is 11.6. The Labute approximate surface area is 97.0 Å². The van der Waals surface area contributed by atoms with Crippen molar-refractivity contribution in [1.82, 2.24) is 14.9 Å². The third-order valence-corrected chi connectivity index (χ3v) is 2.95. The van der Waals surface area contributed by atoms with Gasteiger partial charge in [-0.25, -0.2) is 4.98 Å². The summed E-state index contributed by atoms with van der Waals surface area (Å²) in [6.07, 6.45) is 4.62. The Morgan fingerprint density at radius 1 is 1.56 bits per heavy atom. The smallest absolute Gasteiger partial charge is 0.105 e. The number of nitrogens with one attached hydrogen (secondary N) is 1. The molecule has 0 radical (unpaired) electrons. The van der Waals surface area contributed by atoms with E-state index in [4.69, 9.17) is 4.74 Å². The van der Waals surface area contributed by atoms with Gasteiger partial charge in [0.25, 0.3) is 0 Å². The van der Waals surface area contributed by atoms with Gasteiger partial charge >= 0.3 is 0 Å². The van der Waals surface area contributed by atoms with Gasteiger partial charge in [-0.2, -0.15) is 0 Å². The second kappa shape index (κ2) is 5.46. The van der Waals surface area contributed by atoms with Crippen LogP contribution in [0.15, 0.2) is 6.20 Å². The highest BCUT2D eigenvalue weighted by Crippen LogP contribution is 2.19. The zero-order valence-corrected chi connectivity index (χ0v) is 10.2. The summed E-state index contributed by atoms with van der Waals surface area (Å²) in [5.74, 6) is 1.08. The average molecular weight is 223 g/mol. The molecular weight excluding hydrogens is 202 g/mol. The molecule has 2 rings (SSSR count). The Morgan fingerprint density at radius 3 is 3.06 bits per heavy atom. The Balaban J connectivity index is 1.88. The van der Waals surface area contributed by atoms with Crippen molar-refractivity contribution in [1.29, 1.82) is 0 Å². The third kappa shape index (κ3) is 3.06. The van der Waals surface area contributed by atoms with E-state index < -0.39 is 0 Å². The lowest BCUT2D eigenvalue weighted by Gasteiger charge is -2.10. The quantitative estimate of drug-likeness (QED) is 0.712. The van der Waals surface area contributed by atoms with Crippen LogP contribution in [-0.2, 0) is 17.8 Å². The normalized spacial score (nSPS) is 15.6. The van der Waals surface area contributed by atoms with Crippen LogP contribution in [0, 0.1) is 6.92 Å². The van der Waals surface area contributed by atoms with Gasteiger partial charge in [-0.3, -0.25) is 0 Å². The standard InChI is InChI=1S/C12H21N3O/c1-3-16-7-6-15-10(2)13-8-12(15)9-14-11-4-5-11/h8,11,14H,3-7,9H2,1-2H3. The molecule has 0 saturated heterocycles. The molecule has 0 bridgehead atoms. The highest BCUT2D eigenvalue weighted by molar-refractivity contribution is 5.05. The van der Waals surface area contributed by atoms with Gasteiger partial charge < -0.3 is 14.6 Å². The van der Waals surface area contributed by atoms with Gasteiger partial charge in [-0.1, -0.05) is 0 Å². The van der Waals surface area contributed by atoms with Gasteiger partial charge in [0.05, 0.1) is 12.3 Å². The van der Waals surface area contributed by atoms with Crippen LogP contribution < -0.4 is 5.32 Å². The predicted octanol–water partition coefficient (Wildman–Crippen LogP) is 1.48. The van der Waals surface area contributed by atoms with Crippen LogP contribution in [0.1, 0.15) is 31.3 Å². The van der Waals surface area contributed by atoms with Crippen molar-refractivity contribution in [3.8, 4) is 0 Å². The summed E-state index contributed by atoms with van der Waals surface area (Å²) in [7, 11) is 0. The van der Waals surface area contributed by atoms with Crippen LogP contribution in [0.3, 0.4) is 0 Å². The first-order chi connectivity index (χ1) is 7.81. The summed E-state index contributed by atoms with van der Waals surface area (Å²) in [6, 6.07) is 0.746. The van der Waals surface area contributed by atoms with E-state index in [-0.39, 0.29) is 0 Å². The highest BCUT2D eigenvalue weighted by atomic mass is 16.5. The van der Waals surface area contributed by atoms with Crippen LogP contribution in [-0.4, -0.2) is 28.8 Å². The molecular formula is C12H21N3O. The fourth-order valence-corrected chi connectivity index (χ4v) is 1.80. The molecule has 1 aromatic rings. The first-order valence-electron chi connectivity index (χ1n) is 6.13. The average Bonchev–Trinajstić information content (AvgIpc) is 3.04. The number of ether oxygens (including phenoxy) is 1. The summed E-state index contributed by atoms with van der Waals surface area (Å²) >= 11 is 0. The first-order valence-corrected chi connectivity index (χ1v) is 6.13. The van der Waals surface area contributed by atoms with E-state index in [0.717, 1.165) is 38.2 Å². The molecule has 0 atom stereocenters. The van der Waals surface area contributed by atoms with E-state index in [0.29, 0.717) is 0 Å². The zero-order chi connectivity index (χ0) is 11.4. The maximum Gasteiger partial charge on any atom is 0.105 e. The molecule has 90 valence electrons. The van der Waals surface area contributed by atoms with E-state index in [2.05, 4.69) is 14.9 Å². The number of hydrogen-bond acceptors (Lipinski definition) is 3. The van der Waals surface area contributed by atoms with Gasteiger partial charge in [0.2, 0.25) is 0 Å². The van der Waals surface area contributed by atoms with Crippen LogP contribution in [0.2, 0.25) is 0 Å². The lowest BCUT2D eigenvalue weighted by atomic mass is 10.4. The Bertz CT molecular complexity index is 331. The maximum absolute atomic E-state index is 5.39. The van der Waals surface area contributed by atoms with Crippen molar-refractivity contribution in [2.24, 2.45) is 0 Å². The molecule has 0 aromatic carbocycles. The van der Waals surface area contributed by atoms with Crippen molar-refractivity contribution in [3.05, 3.63) is 17.7 Å². The van der Waals surface area contributed by atoms with E-state index in [1.807, 2.05) is 20.0 Å². The molecule has 1 saturated carbocycles. The van der Waals surface area contributed by atoms with Crippen LogP contribution in [0.4, 0.5) is 0 Å². The van der Waals surface area contributed by atoms with Gasteiger partial charge in [0, 0.05) is 31.9 Å². The molecule has 1 aliphatic rings. The van der Waals surface area contributed by atoms with Crippen LogP contribution in [0.5, 0.6) is 0 Å². The maximum atomic E-state index is 5.39. The molecule has 0 aliphatic heterocycles. The van der Waals surface area contributed by atoms with Gasteiger partial charge in [0.15, 0.2) is 0 Å². The minimum absolute atomic E-state index is 0.746. The van der Waals surface area contributed by atoms with E-state index in [9.17, 15) is 0 Å². The molecule has 1 aliphatic carbocycles. The van der Waals surface area contributed by atoms with E-state index >= 15 is 0 Å². The molecule has 4 nitrogen and oxygen atoms in total. The number of imidazole rings is 1. The molecule has 1 heterocycles. The molecule has 1 N–H and O–H groups in total. The van der Waals surface area contributed by atoms with Crippen molar-refractivity contribution in [2.45, 2.75) is 45.8 Å². The zero-order valence-electron chi connectivity index (χ0n) is 10.2. The molecule has 0 unspecified atom stereocenters. The Hall–Kier alpha value is -0.870. The molecule has 1 aromatic heterocycles. The molecule has 0 amide bonds. The van der Waals surface area contributed by atoms with Crippen molar-refractivity contribution < 1.29 is 4.74 Å². The van der Waals surface area contributed by atoms with Crippen LogP contribution in [0.25, 0.3) is 0 Å². The summed E-state index contributed by atoms with van der Waals surface area (Å²) in [5.41, 5.74) is 1.27. The molecule has 0 spiro atoms. The second-order valence-electron chi connectivity index (χ2n) is 4.30. The van der Waals surface area contributed by atoms with Gasteiger partial charge in [-0.15, -0.1) is 0 Å². The number of aromatic nitrogens is 2.